The lowest BCUT2D eigenvalue weighted by atomic mass is 9.65. The maximum atomic E-state index is 8.91. The van der Waals surface area contributed by atoms with E-state index in [0.29, 0.717) is 5.41 Å². The highest BCUT2D eigenvalue weighted by Gasteiger charge is 2.36. The zero-order chi connectivity index (χ0) is 8.54. The largest absolute Gasteiger partial charge is 0.198 e. The molecule has 0 spiro atoms. The fourth-order valence-electron chi connectivity index (χ4n) is 2.07. The molecule has 1 aliphatic rings. The van der Waals surface area contributed by atoms with Gasteiger partial charge in [0.15, 0.2) is 0 Å². The van der Waals surface area contributed by atoms with Crippen molar-refractivity contribution in [3.8, 4) is 6.07 Å². The molecule has 61 valence electrons. The van der Waals surface area contributed by atoms with Gasteiger partial charge in [0, 0.05) is 0 Å². The molecule has 0 heterocycles. The molecule has 0 aromatic carbocycles. The predicted molar refractivity (Wildman–Crippen MR) is 45.7 cm³/mol. The van der Waals surface area contributed by atoms with Gasteiger partial charge in [0.1, 0.15) is 0 Å². The molecule has 0 aromatic heterocycles. The minimum absolute atomic E-state index is 0.0955. The van der Waals surface area contributed by atoms with Crippen molar-refractivity contribution < 1.29 is 0 Å². The van der Waals surface area contributed by atoms with Crippen molar-refractivity contribution in [2.45, 2.75) is 40.0 Å². The van der Waals surface area contributed by atoms with Gasteiger partial charge in [-0.3, -0.25) is 0 Å². The molecular formula is C10H16N. The molecule has 1 unspecified atom stereocenters. The van der Waals surface area contributed by atoms with Gasteiger partial charge in [-0.2, -0.15) is 5.26 Å². The highest BCUT2D eigenvalue weighted by atomic mass is 14.4. The van der Waals surface area contributed by atoms with E-state index in [-0.39, 0.29) is 5.41 Å². The van der Waals surface area contributed by atoms with Gasteiger partial charge in [-0.15, -0.1) is 0 Å². The zero-order valence-electron chi connectivity index (χ0n) is 7.65. The Kier molecular flexibility index (Phi) is 1.96. The lowest BCUT2D eigenvalue weighted by Crippen LogP contribution is -2.29. The van der Waals surface area contributed by atoms with E-state index in [4.69, 9.17) is 5.26 Å². The number of hydrogen-bond acceptors (Lipinski definition) is 1. The third kappa shape index (κ3) is 1.96. The fourth-order valence-corrected chi connectivity index (χ4v) is 2.07. The van der Waals surface area contributed by atoms with E-state index in [9.17, 15) is 0 Å². The summed E-state index contributed by atoms with van der Waals surface area (Å²) in [7, 11) is 0. The Morgan fingerprint density at radius 1 is 1.27 bits per heavy atom. The summed E-state index contributed by atoms with van der Waals surface area (Å²) in [6, 6.07) is 2.40. The molecule has 0 bridgehead atoms. The van der Waals surface area contributed by atoms with Crippen LogP contribution in [0.5, 0.6) is 0 Å². The first-order valence-electron chi connectivity index (χ1n) is 4.20. The molecule has 1 radical (unpaired) electrons. The number of nitriles is 1. The van der Waals surface area contributed by atoms with Gasteiger partial charge >= 0.3 is 0 Å². The molecule has 0 aromatic rings. The van der Waals surface area contributed by atoms with E-state index in [0.717, 1.165) is 19.3 Å². The van der Waals surface area contributed by atoms with E-state index >= 15 is 0 Å². The molecule has 1 saturated carbocycles. The maximum Gasteiger partial charge on any atom is 0.0687 e. The van der Waals surface area contributed by atoms with Crippen molar-refractivity contribution in [3.05, 3.63) is 6.42 Å². The van der Waals surface area contributed by atoms with Crippen molar-refractivity contribution >= 4 is 0 Å². The number of hydrogen-bond donors (Lipinski definition) is 0. The second kappa shape index (κ2) is 2.52. The van der Waals surface area contributed by atoms with Gasteiger partial charge in [0.25, 0.3) is 0 Å². The number of rotatable bonds is 0. The van der Waals surface area contributed by atoms with E-state index < -0.39 is 0 Å². The van der Waals surface area contributed by atoms with Crippen LogP contribution in [0.1, 0.15) is 40.0 Å². The van der Waals surface area contributed by atoms with Crippen molar-refractivity contribution in [1.82, 2.24) is 0 Å². The van der Waals surface area contributed by atoms with Gasteiger partial charge in [0.05, 0.1) is 11.5 Å². The minimum Gasteiger partial charge on any atom is -0.198 e. The first-order chi connectivity index (χ1) is 4.97. The summed E-state index contributed by atoms with van der Waals surface area (Å²) >= 11 is 0. The topological polar surface area (TPSA) is 23.8 Å². The summed E-state index contributed by atoms with van der Waals surface area (Å²) in [6.07, 6.45) is 5.41. The monoisotopic (exact) mass is 150 g/mol. The molecule has 0 saturated heterocycles. The summed E-state index contributed by atoms with van der Waals surface area (Å²) in [5, 5.41) is 8.91. The van der Waals surface area contributed by atoms with Crippen LogP contribution in [-0.2, 0) is 0 Å². The lowest BCUT2D eigenvalue weighted by Gasteiger charge is -2.38. The fraction of sp³-hybridized carbons (Fsp3) is 0.800. The van der Waals surface area contributed by atoms with Gasteiger partial charge in [-0.25, -0.2) is 0 Å². The second-order valence-electron chi connectivity index (χ2n) is 4.71. The third-order valence-electron chi connectivity index (χ3n) is 2.43. The summed E-state index contributed by atoms with van der Waals surface area (Å²) in [5.74, 6) is 0. The van der Waals surface area contributed by atoms with E-state index in [2.05, 4.69) is 33.3 Å². The molecule has 1 atom stereocenters. The Labute approximate surface area is 69.4 Å². The molecule has 1 fully saturated rings. The minimum atomic E-state index is -0.0955. The van der Waals surface area contributed by atoms with Crippen LogP contribution in [-0.4, -0.2) is 0 Å². The lowest BCUT2D eigenvalue weighted by molar-refractivity contribution is 0.181. The Bertz CT molecular complexity index is 188. The Morgan fingerprint density at radius 2 is 1.91 bits per heavy atom. The zero-order valence-corrected chi connectivity index (χ0v) is 7.65. The molecule has 11 heavy (non-hydrogen) atoms. The van der Waals surface area contributed by atoms with Crippen molar-refractivity contribution in [1.29, 1.82) is 5.26 Å². The van der Waals surface area contributed by atoms with Crippen LogP contribution in [0.2, 0.25) is 0 Å². The summed E-state index contributed by atoms with van der Waals surface area (Å²) in [4.78, 5) is 0. The van der Waals surface area contributed by atoms with Gasteiger partial charge in [0.2, 0.25) is 0 Å². The summed E-state index contributed by atoms with van der Waals surface area (Å²) in [5.41, 5.74) is 0.241. The average molecular weight is 150 g/mol. The first kappa shape index (κ1) is 8.59. The molecule has 0 N–H and O–H groups in total. The highest BCUT2D eigenvalue weighted by Crippen LogP contribution is 2.44. The maximum absolute atomic E-state index is 8.91. The quantitative estimate of drug-likeness (QED) is 0.521. The van der Waals surface area contributed by atoms with Gasteiger partial charge < -0.3 is 0 Å². The van der Waals surface area contributed by atoms with Crippen LogP contribution in [0.15, 0.2) is 0 Å². The van der Waals surface area contributed by atoms with Gasteiger partial charge in [-0.1, -0.05) is 13.8 Å². The van der Waals surface area contributed by atoms with Crippen LogP contribution in [0.25, 0.3) is 0 Å². The molecule has 1 heteroatoms. The standard InChI is InChI=1S/C10H16N/c1-9(2)5-4-6-10(3,7-9)8-11/h4H,5-7H2,1-3H3. The van der Waals surface area contributed by atoms with Crippen LogP contribution in [0.3, 0.4) is 0 Å². The molecule has 1 rings (SSSR count). The van der Waals surface area contributed by atoms with Crippen LogP contribution in [0.4, 0.5) is 0 Å². The van der Waals surface area contributed by atoms with Crippen LogP contribution >= 0.6 is 0 Å². The normalized spacial score (nSPS) is 36.2. The Hall–Kier alpha value is -0.510. The first-order valence-corrected chi connectivity index (χ1v) is 4.20. The van der Waals surface area contributed by atoms with Crippen LogP contribution in [0, 0.1) is 28.6 Å². The smallest absolute Gasteiger partial charge is 0.0687 e. The van der Waals surface area contributed by atoms with Gasteiger partial charge in [-0.05, 0) is 38.0 Å². The molecule has 1 aliphatic carbocycles. The Morgan fingerprint density at radius 3 is 2.27 bits per heavy atom. The number of nitrogens with zero attached hydrogens (tertiary/aromatic N) is 1. The third-order valence-corrected chi connectivity index (χ3v) is 2.43. The Balaban J connectivity index is 2.69. The van der Waals surface area contributed by atoms with E-state index in [1.54, 1.807) is 0 Å². The predicted octanol–water partition coefficient (Wildman–Crippen LogP) is 2.93. The SMILES string of the molecule is CC1(C)C[CH]CC(C)(C#N)C1. The summed E-state index contributed by atoms with van der Waals surface area (Å²) in [6.45, 7) is 6.53. The molecular weight excluding hydrogens is 134 g/mol. The average Bonchev–Trinajstić information content (AvgIpc) is 1.85. The molecule has 0 aliphatic heterocycles. The van der Waals surface area contributed by atoms with Crippen molar-refractivity contribution in [2.75, 3.05) is 0 Å². The van der Waals surface area contributed by atoms with E-state index in [1.807, 2.05) is 0 Å². The van der Waals surface area contributed by atoms with Crippen LogP contribution < -0.4 is 0 Å². The van der Waals surface area contributed by atoms with Crippen molar-refractivity contribution in [2.24, 2.45) is 10.8 Å². The second-order valence-corrected chi connectivity index (χ2v) is 4.71. The van der Waals surface area contributed by atoms with E-state index in [1.165, 1.54) is 0 Å². The molecule has 1 nitrogen and oxygen atoms in total. The summed E-state index contributed by atoms with van der Waals surface area (Å²) < 4.78 is 0. The highest BCUT2D eigenvalue weighted by molar-refractivity contribution is 5.05. The molecule has 0 amide bonds. The van der Waals surface area contributed by atoms with Crippen molar-refractivity contribution in [3.63, 3.8) is 0 Å².